The second-order valence-corrected chi connectivity index (χ2v) is 6.92. The minimum Gasteiger partial charge on any atom is -0.349 e. The molecule has 0 saturated carbocycles. The molecule has 1 fully saturated rings. The number of benzene rings is 1. The van der Waals surface area contributed by atoms with Crippen LogP contribution >= 0.6 is 0 Å². The molecular formula is C19H26FN5O. The van der Waals surface area contributed by atoms with Crippen LogP contribution in [0.15, 0.2) is 36.5 Å². The lowest BCUT2D eigenvalue weighted by Gasteiger charge is -2.25. The summed E-state index contributed by atoms with van der Waals surface area (Å²) < 4.78 is 15.0. The molecule has 1 aromatic heterocycles. The van der Waals surface area contributed by atoms with Crippen LogP contribution < -0.4 is 10.6 Å². The highest BCUT2D eigenvalue weighted by Crippen LogP contribution is 2.18. The molecule has 0 spiro atoms. The van der Waals surface area contributed by atoms with Crippen molar-refractivity contribution in [3.8, 4) is 0 Å². The van der Waals surface area contributed by atoms with E-state index in [1.54, 1.807) is 18.2 Å². The summed E-state index contributed by atoms with van der Waals surface area (Å²) >= 11 is 0. The van der Waals surface area contributed by atoms with Crippen LogP contribution in [0.1, 0.15) is 41.0 Å². The van der Waals surface area contributed by atoms with Crippen LogP contribution in [0.4, 0.5) is 4.39 Å². The van der Waals surface area contributed by atoms with Crippen molar-refractivity contribution in [2.24, 2.45) is 0 Å². The van der Waals surface area contributed by atoms with Gasteiger partial charge in [-0.3, -0.25) is 9.48 Å². The molecule has 2 unspecified atom stereocenters. The van der Waals surface area contributed by atoms with Crippen LogP contribution in [0.3, 0.4) is 0 Å². The van der Waals surface area contributed by atoms with Crippen molar-refractivity contribution >= 4 is 5.91 Å². The summed E-state index contributed by atoms with van der Waals surface area (Å²) in [4.78, 5) is 14.5. The maximum absolute atomic E-state index is 13.1. The van der Waals surface area contributed by atoms with Gasteiger partial charge in [-0.15, -0.1) is 0 Å². The average molecular weight is 359 g/mol. The first-order valence-electron chi connectivity index (χ1n) is 9.00. The van der Waals surface area contributed by atoms with E-state index in [4.69, 9.17) is 0 Å². The standard InChI is InChI=1S/C19H26FN5O/c1-24(2)18(14-5-7-15(20)8-6-14)13-22-19(26)17-9-11-25(23-17)16-4-3-10-21-12-16/h5-9,11,16,18,21H,3-4,10,12-13H2,1-2H3,(H,22,26). The third kappa shape index (κ3) is 4.47. The number of aromatic nitrogens is 2. The topological polar surface area (TPSA) is 62.2 Å². The van der Waals surface area contributed by atoms with Gasteiger partial charge < -0.3 is 15.5 Å². The van der Waals surface area contributed by atoms with Gasteiger partial charge in [0.05, 0.1) is 12.1 Å². The fourth-order valence-corrected chi connectivity index (χ4v) is 3.29. The molecule has 1 aromatic carbocycles. The molecule has 0 radical (unpaired) electrons. The number of likely N-dealkylation sites (N-methyl/N-ethyl adjacent to an activating group) is 1. The van der Waals surface area contributed by atoms with Crippen molar-refractivity contribution in [3.63, 3.8) is 0 Å². The van der Waals surface area contributed by atoms with Gasteiger partial charge in [-0.2, -0.15) is 5.10 Å². The highest BCUT2D eigenvalue weighted by molar-refractivity contribution is 5.92. The van der Waals surface area contributed by atoms with Crippen molar-refractivity contribution in [3.05, 3.63) is 53.6 Å². The number of hydrogen-bond acceptors (Lipinski definition) is 4. The zero-order valence-corrected chi connectivity index (χ0v) is 15.3. The highest BCUT2D eigenvalue weighted by Gasteiger charge is 2.19. The summed E-state index contributed by atoms with van der Waals surface area (Å²) in [6, 6.07) is 8.39. The normalized spacial score (nSPS) is 18.7. The van der Waals surface area contributed by atoms with Gasteiger partial charge in [-0.25, -0.2) is 4.39 Å². The van der Waals surface area contributed by atoms with Crippen LogP contribution in [-0.4, -0.2) is 54.3 Å². The molecule has 1 amide bonds. The minimum absolute atomic E-state index is 0.0378. The van der Waals surface area contributed by atoms with Crippen LogP contribution in [-0.2, 0) is 0 Å². The van der Waals surface area contributed by atoms with Crippen molar-refractivity contribution < 1.29 is 9.18 Å². The molecule has 2 aromatic rings. The summed E-state index contributed by atoms with van der Waals surface area (Å²) in [6.45, 7) is 2.35. The Kier molecular flexibility index (Phi) is 6.00. The van der Waals surface area contributed by atoms with E-state index < -0.39 is 0 Å². The molecule has 140 valence electrons. The van der Waals surface area contributed by atoms with Gasteiger partial charge in [-0.05, 0) is 57.2 Å². The van der Waals surface area contributed by atoms with Crippen LogP contribution in [0.5, 0.6) is 0 Å². The molecule has 0 bridgehead atoms. The minimum atomic E-state index is -0.266. The molecule has 6 nitrogen and oxygen atoms in total. The van der Waals surface area contributed by atoms with E-state index in [1.165, 1.54) is 12.1 Å². The molecule has 1 aliphatic rings. The van der Waals surface area contributed by atoms with E-state index in [-0.39, 0.29) is 17.8 Å². The van der Waals surface area contributed by atoms with Crippen molar-refractivity contribution in [1.29, 1.82) is 0 Å². The predicted octanol–water partition coefficient (Wildman–Crippen LogP) is 1.98. The highest BCUT2D eigenvalue weighted by atomic mass is 19.1. The Morgan fingerprint density at radius 1 is 1.38 bits per heavy atom. The molecule has 2 atom stereocenters. The Morgan fingerprint density at radius 2 is 2.15 bits per heavy atom. The zero-order valence-electron chi connectivity index (χ0n) is 15.3. The monoisotopic (exact) mass is 359 g/mol. The Balaban J connectivity index is 1.61. The van der Waals surface area contributed by atoms with Gasteiger partial charge in [-0.1, -0.05) is 12.1 Å². The smallest absolute Gasteiger partial charge is 0.271 e. The largest absolute Gasteiger partial charge is 0.349 e. The van der Waals surface area contributed by atoms with E-state index in [9.17, 15) is 9.18 Å². The van der Waals surface area contributed by atoms with Gasteiger partial charge in [0.25, 0.3) is 5.91 Å². The number of amides is 1. The van der Waals surface area contributed by atoms with Crippen LogP contribution in [0, 0.1) is 5.82 Å². The molecule has 7 heteroatoms. The number of carbonyl (C=O) groups is 1. The molecule has 1 saturated heterocycles. The second-order valence-electron chi connectivity index (χ2n) is 6.92. The number of carbonyl (C=O) groups excluding carboxylic acids is 1. The fourth-order valence-electron chi connectivity index (χ4n) is 3.29. The van der Waals surface area contributed by atoms with Crippen LogP contribution in [0.2, 0.25) is 0 Å². The van der Waals surface area contributed by atoms with Gasteiger partial charge in [0.2, 0.25) is 0 Å². The zero-order chi connectivity index (χ0) is 18.5. The first-order valence-corrected chi connectivity index (χ1v) is 9.00. The Labute approximate surface area is 153 Å². The SMILES string of the molecule is CN(C)C(CNC(=O)c1ccn(C2CCCNC2)n1)c1ccc(F)cc1. The van der Waals surface area contributed by atoms with Crippen LogP contribution in [0.25, 0.3) is 0 Å². The maximum atomic E-state index is 13.1. The third-order valence-electron chi connectivity index (χ3n) is 4.82. The summed E-state index contributed by atoms with van der Waals surface area (Å²) in [6.07, 6.45) is 4.06. The molecule has 26 heavy (non-hydrogen) atoms. The van der Waals surface area contributed by atoms with Crippen molar-refractivity contribution in [1.82, 2.24) is 25.3 Å². The van der Waals surface area contributed by atoms with Gasteiger partial charge >= 0.3 is 0 Å². The molecule has 2 N–H and O–H groups in total. The average Bonchev–Trinajstić information content (AvgIpc) is 3.14. The Bertz CT molecular complexity index is 722. The number of nitrogens with zero attached hydrogens (tertiary/aromatic N) is 3. The van der Waals surface area contributed by atoms with E-state index in [2.05, 4.69) is 15.7 Å². The van der Waals surface area contributed by atoms with E-state index in [0.29, 0.717) is 18.3 Å². The Hall–Kier alpha value is -2.25. The molecule has 1 aliphatic heterocycles. The van der Waals surface area contributed by atoms with Gasteiger partial charge in [0.15, 0.2) is 0 Å². The molecule has 2 heterocycles. The lowest BCUT2D eigenvalue weighted by Crippen LogP contribution is -2.35. The summed E-state index contributed by atoms with van der Waals surface area (Å²) in [7, 11) is 3.87. The number of piperidine rings is 1. The lowest BCUT2D eigenvalue weighted by atomic mass is 10.1. The second kappa shape index (κ2) is 8.42. The van der Waals surface area contributed by atoms with E-state index >= 15 is 0 Å². The van der Waals surface area contributed by atoms with Crippen molar-refractivity contribution in [2.75, 3.05) is 33.7 Å². The van der Waals surface area contributed by atoms with Crippen molar-refractivity contribution in [2.45, 2.75) is 24.9 Å². The van der Waals surface area contributed by atoms with E-state index in [0.717, 1.165) is 31.5 Å². The fraction of sp³-hybridized carbons (Fsp3) is 0.474. The predicted molar refractivity (Wildman–Crippen MR) is 98.5 cm³/mol. The quantitative estimate of drug-likeness (QED) is 0.828. The Morgan fingerprint density at radius 3 is 2.81 bits per heavy atom. The number of rotatable bonds is 6. The molecule has 3 rings (SSSR count). The lowest BCUT2D eigenvalue weighted by molar-refractivity contribution is 0.0935. The maximum Gasteiger partial charge on any atom is 0.271 e. The third-order valence-corrected chi connectivity index (χ3v) is 4.82. The van der Waals surface area contributed by atoms with E-state index in [1.807, 2.05) is 29.9 Å². The summed E-state index contributed by atoms with van der Waals surface area (Å²) in [5, 5.41) is 10.7. The first kappa shape index (κ1) is 18.5. The van der Waals surface area contributed by atoms with Gasteiger partial charge in [0, 0.05) is 19.3 Å². The summed E-state index contributed by atoms with van der Waals surface area (Å²) in [5.41, 5.74) is 1.38. The number of hydrogen-bond donors (Lipinski definition) is 2. The van der Waals surface area contributed by atoms with Gasteiger partial charge in [0.1, 0.15) is 11.5 Å². The number of halogens is 1. The summed E-state index contributed by atoms with van der Waals surface area (Å²) in [5.74, 6) is -0.459. The molecular weight excluding hydrogens is 333 g/mol. The first-order chi connectivity index (χ1) is 12.5. The number of nitrogens with one attached hydrogen (secondary N) is 2. The molecule has 0 aliphatic carbocycles.